The van der Waals surface area contributed by atoms with E-state index in [1.807, 2.05) is 34.1 Å². The Bertz CT molecular complexity index is 647. The molecule has 0 aromatic heterocycles. The quantitative estimate of drug-likeness (QED) is 0.833. The van der Waals surface area contributed by atoms with E-state index in [9.17, 15) is 9.59 Å². The molecular weight excluding hydrogens is 342 g/mol. The Labute approximate surface area is 161 Å². The molecule has 2 saturated heterocycles. The van der Waals surface area contributed by atoms with Crippen molar-refractivity contribution in [1.82, 2.24) is 9.80 Å². The molecule has 0 aliphatic carbocycles. The zero-order valence-corrected chi connectivity index (χ0v) is 16.4. The van der Waals surface area contributed by atoms with Gasteiger partial charge in [0.1, 0.15) is 5.75 Å². The predicted molar refractivity (Wildman–Crippen MR) is 106 cm³/mol. The summed E-state index contributed by atoms with van der Waals surface area (Å²) < 4.78 is 5.15. The SMILES string of the molecule is CCC1CCCCN1C(=O)CN1CCCC1C(=O)Nc1ccc(OC)cc1. The molecule has 6 heteroatoms. The molecule has 1 aromatic rings. The van der Waals surface area contributed by atoms with E-state index in [2.05, 4.69) is 12.2 Å². The predicted octanol–water partition coefficient (Wildman–Crippen LogP) is 2.89. The highest BCUT2D eigenvalue weighted by Crippen LogP contribution is 2.23. The van der Waals surface area contributed by atoms with E-state index in [1.165, 1.54) is 6.42 Å². The molecular formula is C21H31N3O3. The normalized spacial score (nSPS) is 23.3. The fraction of sp³-hybridized carbons (Fsp3) is 0.619. The van der Waals surface area contributed by atoms with Crippen LogP contribution in [-0.4, -0.2) is 60.4 Å². The van der Waals surface area contributed by atoms with Crippen molar-refractivity contribution in [3.8, 4) is 5.75 Å². The number of hydrogen-bond acceptors (Lipinski definition) is 4. The number of carbonyl (C=O) groups is 2. The lowest BCUT2D eigenvalue weighted by Gasteiger charge is -2.36. The first-order chi connectivity index (χ1) is 13.1. The van der Waals surface area contributed by atoms with Crippen molar-refractivity contribution in [2.75, 3.05) is 32.1 Å². The van der Waals surface area contributed by atoms with Crippen LogP contribution in [0.25, 0.3) is 0 Å². The van der Waals surface area contributed by atoms with Crippen LogP contribution in [0.1, 0.15) is 45.4 Å². The molecule has 0 bridgehead atoms. The lowest BCUT2D eigenvalue weighted by Crippen LogP contribution is -2.50. The number of carbonyl (C=O) groups excluding carboxylic acids is 2. The lowest BCUT2D eigenvalue weighted by molar-refractivity contribution is -0.137. The van der Waals surface area contributed by atoms with E-state index in [0.717, 1.165) is 56.6 Å². The van der Waals surface area contributed by atoms with E-state index in [4.69, 9.17) is 4.74 Å². The smallest absolute Gasteiger partial charge is 0.241 e. The minimum atomic E-state index is -0.235. The highest BCUT2D eigenvalue weighted by molar-refractivity contribution is 5.95. The maximum absolute atomic E-state index is 12.9. The first-order valence-electron chi connectivity index (χ1n) is 10.1. The van der Waals surface area contributed by atoms with Gasteiger partial charge in [-0.25, -0.2) is 0 Å². The second kappa shape index (κ2) is 9.22. The summed E-state index contributed by atoms with van der Waals surface area (Å²) in [6.07, 6.45) is 6.15. The Kier molecular flexibility index (Phi) is 6.72. The summed E-state index contributed by atoms with van der Waals surface area (Å²) in [4.78, 5) is 29.7. The van der Waals surface area contributed by atoms with Crippen molar-refractivity contribution < 1.29 is 14.3 Å². The lowest BCUT2D eigenvalue weighted by atomic mass is 10.00. The second-order valence-corrected chi connectivity index (χ2v) is 7.49. The standard InChI is InChI=1S/C21H31N3O3/c1-3-17-7-4-5-14-24(17)20(25)15-23-13-6-8-19(23)21(26)22-16-9-11-18(27-2)12-10-16/h9-12,17,19H,3-8,13-15H2,1-2H3,(H,22,26). The Hall–Kier alpha value is -2.08. The fourth-order valence-electron chi connectivity index (χ4n) is 4.23. The molecule has 2 unspecified atom stereocenters. The van der Waals surface area contributed by atoms with Gasteiger partial charge in [0.25, 0.3) is 0 Å². The van der Waals surface area contributed by atoms with Gasteiger partial charge in [-0.1, -0.05) is 6.92 Å². The number of nitrogens with one attached hydrogen (secondary N) is 1. The molecule has 0 radical (unpaired) electrons. The van der Waals surface area contributed by atoms with Crippen LogP contribution in [0.15, 0.2) is 24.3 Å². The van der Waals surface area contributed by atoms with Gasteiger partial charge in [0, 0.05) is 18.3 Å². The molecule has 1 N–H and O–H groups in total. The number of amides is 2. The van der Waals surface area contributed by atoms with Crippen LogP contribution >= 0.6 is 0 Å². The van der Waals surface area contributed by atoms with Crippen LogP contribution < -0.4 is 10.1 Å². The fourth-order valence-corrected chi connectivity index (χ4v) is 4.23. The number of piperidine rings is 1. The molecule has 2 aliphatic rings. The zero-order chi connectivity index (χ0) is 19.2. The summed E-state index contributed by atoms with van der Waals surface area (Å²) in [6, 6.07) is 7.45. The highest BCUT2D eigenvalue weighted by atomic mass is 16.5. The molecule has 6 nitrogen and oxygen atoms in total. The number of anilines is 1. The summed E-state index contributed by atoms with van der Waals surface area (Å²) >= 11 is 0. The summed E-state index contributed by atoms with van der Waals surface area (Å²) in [5, 5.41) is 2.98. The molecule has 0 spiro atoms. The average Bonchev–Trinajstić information content (AvgIpc) is 3.16. The molecule has 0 saturated carbocycles. The van der Waals surface area contributed by atoms with Crippen LogP contribution in [0.5, 0.6) is 5.75 Å². The summed E-state index contributed by atoms with van der Waals surface area (Å²) in [6.45, 7) is 4.15. The van der Waals surface area contributed by atoms with Gasteiger partial charge in [-0.05, 0) is 69.3 Å². The summed E-state index contributed by atoms with van der Waals surface area (Å²) in [5.41, 5.74) is 0.751. The van der Waals surface area contributed by atoms with Crippen molar-refractivity contribution in [3.05, 3.63) is 24.3 Å². The number of rotatable bonds is 6. The molecule has 2 amide bonds. The van der Waals surface area contributed by atoms with E-state index in [-0.39, 0.29) is 17.9 Å². The molecule has 2 atom stereocenters. The number of nitrogens with zero attached hydrogens (tertiary/aromatic N) is 2. The van der Waals surface area contributed by atoms with Gasteiger partial charge in [-0.15, -0.1) is 0 Å². The van der Waals surface area contributed by atoms with Crippen molar-refractivity contribution in [2.24, 2.45) is 0 Å². The van der Waals surface area contributed by atoms with Crippen molar-refractivity contribution in [1.29, 1.82) is 0 Å². The van der Waals surface area contributed by atoms with E-state index < -0.39 is 0 Å². The Morgan fingerprint density at radius 1 is 1.11 bits per heavy atom. The minimum Gasteiger partial charge on any atom is -0.497 e. The summed E-state index contributed by atoms with van der Waals surface area (Å²) in [5.74, 6) is 0.898. The number of ether oxygens (including phenoxy) is 1. The molecule has 2 heterocycles. The number of methoxy groups -OCH3 is 1. The molecule has 2 aliphatic heterocycles. The van der Waals surface area contributed by atoms with Crippen LogP contribution in [0.3, 0.4) is 0 Å². The van der Waals surface area contributed by atoms with Gasteiger partial charge >= 0.3 is 0 Å². The molecule has 2 fully saturated rings. The Morgan fingerprint density at radius 3 is 2.59 bits per heavy atom. The third kappa shape index (κ3) is 4.80. The highest BCUT2D eigenvalue weighted by Gasteiger charge is 2.34. The third-order valence-electron chi connectivity index (χ3n) is 5.78. The van der Waals surface area contributed by atoms with E-state index >= 15 is 0 Å². The number of hydrogen-bond donors (Lipinski definition) is 1. The molecule has 27 heavy (non-hydrogen) atoms. The number of benzene rings is 1. The monoisotopic (exact) mass is 373 g/mol. The second-order valence-electron chi connectivity index (χ2n) is 7.49. The minimum absolute atomic E-state index is 0.0313. The van der Waals surface area contributed by atoms with Gasteiger partial charge in [-0.2, -0.15) is 0 Å². The van der Waals surface area contributed by atoms with Crippen LogP contribution in [0, 0.1) is 0 Å². The Morgan fingerprint density at radius 2 is 1.89 bits per heavy atom. The zero-order valence-electron chi connectivity index (χ0n) is 16.4. The van der Waals surface area contributed by atoms with Gasteiger partial charge in [0.15, 0.2) is 0 Å². The Balaban J connectivity index is 1.58. The molecule has 148 valence electrons. The van der Waals surface area contributed by atoms with Gasteiger partial charge < -0.3 is 15.0 Å². The number of likely N-dealkylation sites (tertiary alicyclic amines) is 2. The van der Waals surface area contributed by atoms with E-state index in [1.54, 1.807) is 7.11 Å². The summed E-state index contributed by atoms with van der Waals surface area (Å²) in [7, 11) is 1.62. The maximum atomic E-state index is 12.9. The largest absolute Gasteiger partial charge is 0.497 e. The van der Waals surface area contributed by atoms with Crippen LogP contribution in [-0.2, 0) is 9.59 Å². The molecule has 3 rings (SSSR count). The van der Waals surface area contributed by atoms with E-state index in [0.29, 0.717) is 12.6 Å². The maximum Gasteiger partial charge on any atom is 0.241 e. The van der Waals surface area contributed by atoms with Crippen molar-refractivity contribution in [3.63, 3.8) is 0 Å². The van der Waals surface area contributed by atoms with Crippen molar-refractivity contribution >= 4 is 17.5 Å². The first-order valence-corrected chi connectivity index (χ1v) is 10.1. The molecule has 1 aromatic carbocycles. The average molecular weight is 373 g/mol. The van der Waals surface area contributed by atoms with Gasteiger partial charge in [0.05, 0.1) is 19.7 Å². The van der Waals surface area contributed by atoms with Crippen LogP contribution in [0.2, 0.25) is 0 Å². The van der Waals surface area contributed by atoms with Gasteiger partial charge in [-0.3, -0.25) is 14.5 Å². The first kappa shape index (κ1) is 19.7. The third-order valence-corrected chi connectivity index (χ3v) is 5.78. The van der Waals surface area contributed by atoms with Crippen LogP contribution in [0.4, 0.5) is 5.69 Å². The van der Waals surface area contributed by atoms with Gasteiger partial charge in [0.2, 0.25) is 11.8 Å². The topological polar surface area (TPSA) is 61.9 Å². The van der Waals surface area contributed by atoms with Crippen molar-refractivity contribution in [2.45, 2.75) is 57.5 Å².